The summed E-state index contributed by atoms with van der Waals surface area (Å²) in [5.74, 6) is -0.0387. The molecule has 1 aliphatic heterocycles. The number of aryl methyl sites for hydroxylation is 3. The van der Waals surface area contributed by atoms with Crippen molar-refractivity contribution in [1.29, 1.82) is 0 Å². The maximum Gasteiger partial charge on any atom is 0.226 e. The van der Waals surface area contributed by atoms with Crippen molar-refractivity contribution in [3.05, 3.63) is 113 Å². The molecule has 200 valence electrons. The van der Waals surface area contributed by atoms with Crippen molar-refractivity contribution in [2.24, 2.45) is 0 Å². The van der Waals surface area contributed by atoms with E-state index in [4.69, 9.17) is 12.2 Å². The summed E-state index contributed by atoms with van der Waals surface area (Å²) in [5, 5.41) is 7.16. The monoisotopic (exact) mass is 537 g/mol. The minimum atomic E-state index is -0.129. The Labute approximate surface area is 236 Å². The highest BCUT2D eigenvalue weighted by atomic mass is 32.1. The van der Waals surface area contributed by atoms with Gasteiger partial charge in [0, 0.05) is 41.9 Å². The third-order valence-corrected chi connectivity index (χ3v) is 7.86. The van der Waals surface area contributed by atoms with Crippen LogP contribution in [0.25, 0.3) is 5.69 Å². The van der Waals surface area contributed by atoms with Gasteiger partial charge in [-0.3, -0.25) is 9.78 Å². The lowest BCUT2D eigenvalue weighted by molar-refractivity contribution is -0.116. The second-order valence-electron chi connectivity index (χ2n) is 10.2. The van der Waals surface area contributed by atoms with E-state index in [1.807, 2.05) is 55.6 Å². The number of benzene rings is 2. The van der Waals surface area contributed by atoms with Crippen LogP contribution in [0, 0.1) is 20.8 Å². The van der Waals surface area contributed by atoms with Gasteiger partial charge in [0.1, 0.15) is 0 Å². The number of anilines is 1. The lowest BCUT2D eigenvalue weighted by atomic mass is 9.96. The van der Waals surface area contributed by atoms with Crippen molar-refractivity contribution in [1.82, 2.24) is 19.8 Å². The maximum atomic E-state index is 12.9. The lowest BCUT2D eigenvalue weighted by Gasteiger charge is -2.28. The number of hydrogen-bond acceptors (Lipinski definition) is 3. The molecule has 1 fully saturated rings. The van der Waals surface area contributed by atoms with E-state index in [0.717, 1.165) is 40.4 Å². The molecule has 1 amide bonds. The normalized spacial score (nSPS) is 16.8. The SMILES string of the molecule is CCc1ccc(-n2c(C)cc(C3C(c4ccccn4)NC(=S)N3CCC(=O)Nc3ccc(C)cc3)c2C)cc1. The zero-order valence-corrected chi connectivity index (χ0v) is 23.8. The molecule has 1 saturated heterocycles. The Morgan fingerprint density at radius 1 is 1.03 bits per heavy atom. The molecule has 0 aliphatic carbocycles. The minimum absolute atomic E-state index is 0.0387. The van der Waals surface area contributed by atoms with Crippen LogP contribution in [0.15, 0.2) is 79.0 Å². The van der Waals surface area contributed by atoms with Crippen LogP contribution in [-0.4, -0.2) is 32.0 Å². The van der Waals surface area contributed by atoms with Gasteiger partial charge in [0.25, 0.3) is 0 Å². The molecule has 2 aromatic heterocycles. The van der Waals surface area contributed by atoms with Gasteiger partial charge in [-0.15, -0.1) is 0 Å². The third kappa shape index (κ3) is 5.59. The van der Waals surface area contributed by atoms with Crippen molar-refractivity contribution >= 4 is 28.9 Å². The van der Waals surface area contributed by atoms with Gasteiger partial charge in [0.2, 0.25) is 5.91 Å². The summed E-state index contributed by atoms with van der Waals surface area (Å²) >= 11 is 5.84. The molecule has 6 nitrogen and oxygen atoms in total. The number of carbonyl (C=O) groups excluding carboxylic acids is 1. The topological polar surface area (TPSA) is 62.2 Å². The average Bonchev–Trinajstić information content (AvgIpc) is 3.43. The molecule has 7 heteroatoms. The molecule has 39 heavy (non-hydrogen) atoms. The van der Waals surface area contributed by atoms with Crippen LogP contribution in [0.2, 0.25) is 0 Å². The first-order valence-electron chi connectivity index (χ1n) is 13.5. The Morgan fingerprint density at radius 2 is 1.77 bits per heavy atom. The Balaban J connectivity index is 1.45. The molecule has 5 rings (SSSR count). The van der Waals surface area contributed by atoms with Gasteiger partial charge in [0.05, 0.1) is 17.8 Å². The maximum absolute atomic E-state index is 12.9. The van der Waals surface area contributed by atoms with Gasteiger partial charge in [-0.2, -0.15) is 0 Å². The number of thiocarbonyl (C=S) groups is 1. The van der Waals surface area contributed by atoms with Crippen LogP contribution in [0.3, 0.4) is 0 Å². The molecule has 4 aromatic rings. The quantitative estimate of drug-likeness (QED) is 0.256. The molecule has 0 bridgehead atoms. The molecule has 0 spiro atoms. The van der Waals surface area contributed by atoms with Gasteiger partial charge < -0.3 is 20.1 Å². The Bertz CT molecular complexity index is 1460. The van der Waals surface area contributed by atoms with E-state index in [-0.39, 0.29) is 18.0 Å². The number of rotatable bonds is 8. The van der Waals surface area contributed by atoms with Crippen LogP contribution in [-0.2, 0) is 11.2 Å². The van der Waals surface area contributed by atoms with Crippen molar-refractivity contribution in [3.8, 4) is 5.69 Å². The number of nitrogens with one attached hydrogen (secondary N) is 2. The van der Waals surface area contributed by atoms with Gasteiger partial charge in [0.15, 0.2) is 5.11 Å². The largest absolute Gasteiger partial charge is 0.352 e. The minimum Gasteiger partial charge on any atom is -0.352 e. The fourth-order valence-corrected chi connectivity index (χ4v) is 5.76. The standard InChI is InChI=1S/C32H35N5OS/c1-5-24-11-15-26(16-12-24)37-22(3)20-27(23(37)4)31-30(28-8-6-7-18-33-28)35-32(39)36(31)19-17-29(38)34-25-13-9-21(2)10-14-25/h6-16,18,20,30-31H,5,17,19H2,1-4H3,(H,34,38)(H,35,39). The van der Waals surface area contributed by atoms with E-state index >= 15 is 0 Å². The molecular weight excluding hydrogens is 502 g/mol. The van der Waals surface area contributed by atoms with Crippen LogP contribution >= 0.6 is 12.2 Å². The summed E-state index contributed by atoms with van der Waals surface area (Å²) in [6.45, 7) is 8.99. The van der Waals surface area contributed by atoms with E-state index in [1.54, 1.807) is 0 Å². The third-order valence-electron chi connectivity index (χ3n) is 7.50. The first-order chi connectivity index (χ1) is 18.9. The predicted molar refractivity (Wildman–Crippen MR) is 161 cm³/mol. The number of aromatic nitrogens is 2. The van der Waals surface area contributed by atoms with Crippen molar-refractivity contribution < 1.29 is 4.79 Å². The van der Waals surface area contributed by atoms with Crippen molar-refractivity contribution in [2.75, 3.05) is 11.9 Å². The molecule has 3 heterocycles. The molecule has 0 saturated carbocycles. The Kier molecular flexibility index (Phi) is 7.79. The number of hydrogen-bond donors (Lipinski definition) is 2. The zero-order valence-electron chi connectivity index (χ0n) is 22.9. The summed E-state index contributed by atoms with van der Waals surface area (Å²) in [4.78, 5) is 19.7. The summed E-state index contributed by atoms with van der Waals surface area (Å²) in [6, 6.07) is 24.6. The van der Waals surface area contributed by atoms with Gasteiger partial charge in [-0.1, -0.05) is 42.8 Å². The molecule has 2 atom stereocenters. The van der Waals surface area contributed by atoms with E-state index < -0.39 is 0 Å². The van der Waals surface area contributed by atoms with E-state index in [9.17, 15) is 4.79 Å². The average molecular weight is 538 g/mol. The summed E-state index contributed by atoms with van der Waals surface area (Å²) in [7, 11) is 0. The Morgan fingerprint density at radius 3 is 2.44 bits per heavy atom. The molecular formula is C32H35N5OS. The van der Waals surface area contributed by atoms with E-state index in [2.05, 4.69) is 76.2 Å². The van der Waals surface area contributed by atoms with Crippen LogP contribution in [0.4, 0.5) is 5.69 Å². The molecule has 2 N–H and O–H groups in total. The summed E-state index contributed by atoms with van der Waals surface area (Å²) in [6.07, 6.45) is 3.14. The highest BCUT2D eigenvalue weighted by molar-refractivity contribution is 7.80. The number of nitrogens with zero attached hydrogens (tertiary/aromatic N) is 3. The van der Waals surface area contributed by atoms with Gasteiger partial charge in [-0.25, -0.2) is 0 Å². The number of carbonyl (C=O) groups is 1. The summed E-state index contributed by atoms with van der Waals surface area (Å²) < 4.78 is 2.30. The molecule has 2 unspecified atom stereocenters. The molecule has 0 radical (unpaired) electrons. The van der Waals surface area contributed by atoms with Crippen LogP contribution in [0.1, 0.15) is 59.2 Å². The predicted octanol–water partition coefficient (Wildman–Crippen LogP) is 6.36. The van der Waals surface area contributed by atoms with Crippen LogP contribution < -0.4 is 10.6 Å². The highest BCUT2D eigenvalue weighted by Crippen LogP contribution is 2.41. The second-order valence-corrected chi connectivity index (χ2v) is 10.6. The zero-order chi connectivity index (χ0) is 27.5. The van der Waals surface area contributed by atoms with E-state index in [1.165, 1.54) is 11.1 Å². The van der Waals surface area contributed by atoms with E-state index in [0.29, 0.717) is 18.1 Å². The van der Waals surface area contributed by atoms with Crippen molar-refractivity contribution in [2.45, 2.75) is 52.6 Å². The first kappa shape index (κ1) is 26.6. The van der Waals surface area contributed by atoms with Crippen LogP contribution in [0.5, 0.6) is 0 Å². The smallest absolute Gasteiger partial charge is 0.226 e. The van der Waals surface area contributed by atoms with Gasteiger partial charge >= 0.3 is 0 Å². The number of amides is 1. The first-order valence-corrected chi connectivity index (χ1v) is 13.9. The highest BCUT2D eigenvalue weighted by Gasteiger charge is 2.41. The fraction of sp³-hybridized carbons (Fsp3) is 0.281. The fourth-order valence-electron chi connectivity index (χ4n) is 5.43. The summed E-state index contributed by atoms with van der Waals surface area (Å²) in [5.41, 5.74) is 8.82. The number of pyridine rings is 1. The van der Waals surface area contributed by atoms with Gasteiger partial charge in [-0.05, 0) is 93.0 Å². The molecule has 2 aromatic carbocycles. The Hall–Kier alpha value is -3.97. The van der Waals surface area contributed by atoms with Crippen molar-refractivity contribution in [3.63, 3.8) is 0 Å². The lowest BCUT2D eigenvalue weighted by Crippen LogP contribution is -2.32. The second kappa shape index (κ2) is 11.4. The molecule has 1 aliphatic rings.